The summed E-state index contributed by atoms with van der Waals surface area (Å²) >= 11 is 0. The van der Waals surface area contributed by atoms with E-state index < -0.39 is 23.7 Å². The fourth-order valence-electron chi connectivity index (χ4n) is 1.62. The standard InChI is InChI=1S/C12H18F2N2O3/c1-7-8(11(18)19-12(2,3)4)9(10(13)14)15-16(7)5-6-17/h10,17H,5-6H2,1-4H3. The van der Waals surface area contributed by atoms with Crippen molar-refractivity contribution in [2.24, 2.45) is 0 Å². The van der Waals surface area contributed by atoms with Gasteiger partial charge in [0.25, 0.3) is 6.43 Å². The van der Waals surface area contributed by atoms with Crippen molar-refractivity contribution in [2.45, 2.75) is 46.3 Å². The fraction of sp³-hybridized carbons (Fsp3) is 0.667. The minimum atomic E-state index is -2.87. The van der Waals surface area contributed by atoms with Gasteiger partial charge >= 0.3 is 5.97 Å². The lowest BCUT2D eigenvalue weighted by Gasteiger charge is -2.19. The number of hydrogen-bond donors (Lipinski definition) is 1. The molecule has 19 heavy (non-hydrogen) atoms. The molecule has 1 aromatic rings. The van der Waals surface area contributed by atoms with E-state index in [4.69, 9.17) is 9.84 Å². The van der Waals surface area contributed by atoms with Gasteiger partial charge < -0.3 is 9.84 Å². The third-order valence-corrected chi connectivity index (χ3v) is 2.36. The minimum Gasteiger partial charge on any atom is -0.456 e. The highest BCUT2D eigenvalue weighted by Gasteiger charge is 2.30. The molecule has 0 aliphatic heterocycles. The quantitative estimate of drug-likeness (QED) is 0.855. The van der Waals surface area contributed by atoms with E-state index >= 15 is 0 Å². The van der Waals surface area contributed by atoms with Gasteiger partial charge in [0.05, 0.1) is 18.8 Å². The first-order valence-electron chi connectivity index (χ1n) is 5.87. The van der Waals surface area contributed by atoms with Crippen LogP contribution in [0.25, 0.3) is 0 Å². The molecule has 0 fully saturated rings. The molecule has 0 saturated carbocycles. The number of esters is 1. The molecule has 0 radical (unpaired) electrons. The van der Waals surface area contributed by atoms with Crippen LogP contribution in [-0.4, -0.2) is 33.1 Å². The molecule has 0 unspecified atom stereocenters. The molecule has 0 atom stereocenters. The number of aliphatic hydroxyl groups is 1. The highest BCUT2D eigenvalue weighted by Crippen LogP contribution is 2.26. The van der Waals surface area contributed by atoms with Gasteiger partial charge in [-0.05, 0) is 27.7 Å². The summed E-state index contributed by atoms with van der Waals surface area (Å²) in [5, 5.41) is 12.5. The van der Waals surface area contributed by atoms with Crippen LogP contribution in [0.4, 0.5) is 8.78 Å². The van der Waals surface area contributed by atoms with Crippen molar-refractivity contribution in [1.29, 1.82) is 0 Å². The van der Waals surface area contributed by atoms with E-state index in [0.29, 0.717) is 0 Å². The van der Waals surface area contributed by atoms with E-state index in [9.17, 15) is 13.6 Å². The molecule has 0 bridgehead atoms. The van der Waals surface area contributed by atoms with E-state index in [2.05, 4.69) is 5.10 Å². The van der Waals surface area contributed by atoms with Crippen molar-refractivity contribution >= 4 is 5.97 Å². The van der Waals surface area contributed by atoms with Gasteiger partial charge in [-0.3, -0.25) is 4.68 Å². The average molecular weight is 276 g/mol. The van der Waals surface area contributed by atoms with Gasteiger partial charge in [-0.1, -0.05) is 0 Å². The average Bonchev–Trinajstić information content (AvgIpc) is 2.54. The summed E-state index contributed by atoms with van der Waals surface area (Å²) in [4.78, 5) is 12.0. The predicted molar refractivity (Wildman–Crippen MR) is 64.2 cm³/mol. The Morgan fingerprint density at radius 2 is 2.05 bits per heavy atom. The molecule has 5 nitrogen and oxygen atoms in total. The molecule has 0 amide bonds. The summed E-state index contributed by atoms with van der Waals surface area (Å²) in [5.74, 6) is -0.829. The number of nitrogens with zero attached hydrogens (tertiary/aromatic N) is 2. The number of aromatic nitrogens is 2. The Bertz CT molecular complexity index is 464. The van der Waals surface area contributed by atoms with E-state index in [0.717, 1.165) is 0 Å². The normalized spacial score (nSPS) is 12.0. The molecule has 1 rings (SSSR count). The van der Waals surface area contributed by atoms with Crippen LogP contribution in [-0.2, 0) is 11.3 Å². The van der Waals surface area contributed by atoms with Gasteiger partial charge in [-0.2, -0.15) is 5.10 Å². The van der Waals surface area contributed by atoms with Crippen molar-refractivity contribution in [3.8, 4) is 0 Å². The second kappa shape index (κ2) is 5.64. The van der Waals surface area contributed by atoms with Gasteiger partial charge in [0.1, 0.15) is 16.9 Å². The summed E-state index contributed by atoms with van der Waals surface area (Å²) in [5.41, 5.74) is -1.35. The number of ether oxygens (including phenoxy) is 1. The SMILES string of the molecule is Cc1c(C(=O)OC(C)(C)C)c(C(F)F)nn1CCO. The number of rotatable bonds is 4. The van der Waals surface area contributed by atoms with Gasteiger partial charge in [0.2, 0.25) is 0 Å². The Balaban J connectivity index is 3.20. The summed E-state index contributed by atoms with van der Waals surface area (Å²) < 4.78 is 32.1. The molecular weight excluding hydrogens is 258 g/mol. The number of hydrogen-bond acceptors (Lipinski definition) is 4. The molecule has 108 valence electrons. The molecule has 1 heterocycles. The fourth-order valence-corrected chi connectivity index (χ4v) is 1.62. The topological polar surface area (TPSA) is 64.3 Å². The maximum Gasteiger partial charge on any atom is 0.342 e. The zero-order valence-electron chi connectivity index (χ0n) is 11.4. The smallest absolute Gasteiger partial charge is 0.342 e. The largest absolute Gasteiger partial charge is 0.456 e. The molecule has 1 aromatic heterocycles. The Morgan fingerprint density at radius 1 is 1.47 bits per heavy atom. The molecule has 0 aliphatic rings. The number of carbonyl (C=O) groups is 1. The number of alkyl halides is 2. The van der Waals surface area contributed by atoms with E-state index in [1.54, 1.807) is 20.8 Å². The van der Waals surface area contributed by atoms with Crippen LogP contribution < -0.4 is 0 Å². The zero-order chi connectivity index (χ0) is 14.8. The van der Waals surface area contributed by atoms with Crippen molar-refractivity contribution < 1.29 is 23.4 Å². The molecule has 0 aromatic carbocycles. The van der Waals surface area contributed by atoms with E-state index in [1.807, 2.05) is 0 Å². The predicted octanol–water partition coefficient (Wildman–Crippen LogP) is 2.08. The van der Waals surface area contributed by atoms with Crippen LogP contribution in [0, 0.1) is 6.92 Å². The number of halogens is 2. The maximum atomic E-state index is 12.9. The van der Waals surface area contributed by atoms with Crippen molar-refractivity contribution in [3.63, 3.8) is 0 Å². The lowest BCUT2D eigenvalue weighted by Crippen LogP contribution is -2.25. The third kappa shape index (κ3) is 3.73. The van der Waals surface area contributed by atoms with Crippen LogP contribution in [0.5, 0.6) is 0 Å². The highest BCUT2D eigenvalue weighted by atomic mass is 19.3. The third-order valence-electron chi connectivity index (χ3n) is 2.36. The van der Waals surface area contributed by atoms with Gasteiger partial charge in [-0.25, -0.2) is 13.6 Å². The van der Waals surface area contributed by atoms with Gasteiger partial charge in [-0.15, -0.1) is 0 Å². The Kier molecular flexibility index (Phi) is 4.62. The van der Waals surface area contributed by atoms with Crippen LogP contribution in [0.3, 0.4) is 0 Å². The van der Waals surface area contributed by atoms with Crippen LogP contribution in [0.1, 0.15) is 48.9 Å². The van der Waals surface area contributed by atoms with E-state index in [1.165, 1.54) is 11.6 Å². The number of carbonyl (C=O) groups excluding carboxylic acids is 1. The lowest BCUT2D eigenvalue weighted by molar-refractivity contribution is 0.00610. The first-order chi connectivity index (χ1) is 8.67. The molecule has 1 N–H and O–H groups in total. The van der Waals surface area contributed by atoms with Crippen LogP contribution in [0.2, 0.25) is 0 Å². The summed E-state index contributed by atoms with van der Waals surface area (Å²) in [6.45, 7) is 6.25. The number of aliphatic hydroxyl groups excluding tert-OH is 1. The lowest BCUT2D eigenvalue weighted by atomic mass is 10.1. The second-order valence-corrected chi connectivity index (χ2v) is 5.09. The Morgan fingerprint density at radius 3 is 2.47 bits per heavy atom. The zero-order valence-corrected chi connectivity index (χ0v) is 11.4. The monoisotopic (exact) mass is 276 g/mol. The Hall–Kier alpha value is -1.50. The molecule has 7 heteroatoms. The summed E-state index contributed by atoms with van der Waals surface area (Å²) in [7, 11) is 0. The Labute approximate surface area is 110 Å². The van der Waals surface area contributed by atoms with Gasteiger partial charge in [0.15, 0.2) is 0 Å². The molecule has 0 spiro atoms. The minimum absolute atomic E-state index is 0.0500. The van der Waals surface area contributed by atoms with Crippen LogP contribution >= 0.6 is 0 Å². The molecular formula is C12H18F2N2O3. The van der Waals surface area contributed by atoms with Gasteiger partial charge in [0, 0.05) is 0 Å². The summed E-state index contributed by atoms with van der Waals surface area (Å²) in [6, 6.07) is 0. The first-order valence-corrected chi connectivity index (χ1v) is 5.87. The first kappa shape index (κ1) is 15.6. The van der Waals surface area contributed by atoms with Crippen molar-refractivity contribution in [2.75, 3.05) is 6.61 Å². The second-order valence-electron chi connectivity index (χ2n) is 5.09. The van der Waals surface area contributed by atoms with Crippen LogP contribution in [0.15, 0.2) is 0 Å². The van der Waals surface area contributed by atoms with E-state index in [-0.39, 0.29) is 24.4 Å². The molecule has 0 aliphatic carbocycles. The molecule has 0 saturated heterocycles. The van der Waals surface area contributed by atoms with Crippen molar-refractivity contribution in [1.82, 2.24) is 9.78 Å². The maximum absolute atomic E-state index is 12.9. The highest BCUT2D eigenvalue weighted by molar-refractivity contribution is 5.92. The summed E-state index contributed by atoms with van der Waals surface area (Å²) in [6.07, 6.45) is -2.87. The van der Waals surface area contributed by atoms with Crippen molar-refractivity contribution in [3.05, 3.63) is 17.0 Å².